The van der Waals surface area contributed by atoms with Crippen LogP contribution in [0.2, 0.25) is 0 Å². The Kier molecular flexibility index (Phi) is 5.16. The summed E-state index contributed by atoms with van der Waals surface area (Å²) < 4.78 is 7.73. The first-order valence-electron chi connectivity index (χ1n) is 9.58. The molecule has 0 aliphatic heterocycles. The number of H-pyrrole nitrogens is 1. The number of aromatic amines is 1. The predicted molar refractivity (Wildman–Crippen MR) is 117 cm³/mol. The first-order chi connectivity index (χ1) is 14.8. The maximum atomic E-state index is 12.4. The second kappa shape index (κ2) is 7.94. The molecule has 0 aliphatic rings. The van der Waals surface area contributed by atoms with Gasteiger partial charge in [0.05, 0.1) is 5.52 Å². The second-order valence-corrected chi connectivity index (χ2v) is 7.27. The molecule has 0 spiro atoms. The lowest BCUT2D eigenvalue weighted by atomic mass is 10.1. The molecule has 0 bridgehead atoms. The van der Waals surface area contributed by atoms with E-state index in [-0.39, 0.29) is 17.9 Å². The standard InChI is InChI=1S/C22H21N5O4/c1-13-4-9-18(23-11-13)25-21(29)31-12-14-5-7-15(8-6-14)16-10-17-19(24-16)20(28)27(3)22(30)26(17)2/h4-11,24H,12H2,1-3H3,(H,23,25,29). The van der Waals surface area contributed by atoms with Gasteiger partial charge in [-0.3, -0.25) is 19.2 Å². The van der Waals surface area contributed by atoms with Crippen LogP contribution >= 0.6 is 0 Å². The van der Waals surface area contributed by atoms with Crippen molar-refractivity contribution >= 4 is 22.9 Å². The molecule has 0 atom stereocenters. The van der Waals surface area contributed by atoms with E-state index in [4.69, 9.17) is 4.74 Å². The Labute approximate surface area is 176 Å². The minimum absolute atomic E-state index is 0.0969. The fourth-order valence-corrected chi connectivity index (χ4v) is 3.22. The average molecular weight is 419 g/mol. The average Bonchev–Trinajstić information content (AvgIpc) is 3.22. The first-order valence-corrected chi connectivity index (χ1v) is 9.58. The maximum Gasteiger partial charge on any atom is 0.413 e. The van der Waals surface area contributed by atoms with Gasteiger partial charge in [0.1, 0.15) is 17.9 Å². The van der Waals surface area contributed by atoms with E-state index in [9.17, 15) is 14.4 Å². The van der Waals surface area contributed by atoms with Crippen molar-refractivity contribution in [2.75, 3.05) is 5.32 Å². The zero-order valence-electron chi connectivity index (χ0n) is 17.3. The molecule has 4 rings (SSSR count). The van der Waals surface area contributed by atoms with Crippen LogP contribution in [-0.4, -0.2) is 25.2 Å². The number of rotatable bonds is 4. The first kappa shape index (κ1) is 20.1. The van der Waals surface area contributed by atoms with Gasteiger partial charge >= 0.3 is 11.8 Å². The number of pyridine rings is 1. The Morgan fingerprint density at radius 1 is 1.10 bits per heavy atom. The van der Waals surface area contributed by atoms with Gasteiger partial charge in [-0.25, -0.2) is 14.6 Å². The summed E-state index contributed by atoms with van der Waals surface area (Å²) in [4.78, 5) is 43.6. The number of hydrogen-bond acceptors (Lipinski definition) is 5. The predicted octanol–water partition coefficient (Wildman–Crippen LogP) is 2.68. The van der Waals surface area contributed by atoms with Crippen LogP contribution in [0.3, 0.4) is 0 Å². The summed E-state index contributed by atoms with van der Waals surface area (Å²) in [5, 5.41) is 2.57. The van der Waals surface area contributed by atoms with E-state index in [1.807, 2.05) is 37.3 Å². The molecule has 9 heteroatoms. The Hall–Kier alpha value is -4.14. The number of fused-ring (bicyclic) bond motifs is 1. The van der Waals surface area contributed by atoms with Crippen LogP contribution in [0.1, 0.15) is 11.1 Å². The van der Waals surface area contributed by atoms with Crippen molar-refractivity contribution in [1.82, 2.24) is 19.1 Å². The number of carbonyl (C=O) groups excluding carboxylic acids is 1. The van der Waals surface area contributed by atoms with Crippen molar-refractivity contribution in [2.24, 2.45) is 14.1 Å². The Bertz CT molecular complexity index is 1380. The largest absolute Gasteiger partial charge is 0.444 e. The van der Waals surface area contributed by atoms with Crippen molar-refractivity contribution in [3.63, 3.8) is 0 Å². The van der Waals surface area contributed by atoms with Gasteiger partial charge in [-0.15, -0.1) is 0 Å². The van der Waals surface area contributed by atoms with E-state index >= 15 is 0 Å². The van der Waals surface area contributed by atoms with Crippen molar-refractivity contribution in [1.29, 1.82) is 0 Å². The fourth-order valence-electron chi connectivity index (χ4n) is 3.22. The van der Waals surface area contributed by atoms with Gasteiger partial charge < -0.3 is 9.72 Å². The molecule has 0 fully saturated rings. The minimum Gasteiger partial charge on any atom is -0.444 e. The second-order valence-electron chi connectivity index (χ2n) is 7.27. The van der Waals surface area contributed by atoms with Crippen LogP contribution < -0.4 is 16.6 Å². The van der Waals surface area contributed by atoms with E-state index in [0.29, 0.717) is 22.5 Å². The Morgan fingerprint density at radius 3 is 2.52 bits per heavy atom. The fraction of sp³-hybridized carbons (Fsp3) is 0.182. The molecule has 0 unspecified atom stereocenters. The summed E-state index contributed by atoms with van der Waals surface area (Å²) in [5.41, 5.74) is 3.50. The number of aromatic nitrogens is 4. The third kappa shape index (κ3) is 3.97. The molecule has 31 heavy (non-hydrogen) atoms. The smallest absolute Gasteiger partial charge is 0.413 e. The summed E-state index contributed by atoms with van der Waals surface area (Å²) in [7, 11) is 3.07. The molecule has 2 N–H and O–H groups in total. The van der Waals surface area contributed by atoms with Gasteiger partial charge in [0.2, 0.25) is 0 Å². The number of amides is 1. The highest BCUT2D eigenvalue weighted by Crippen LogP contribution is 2.22. The zero-order chi connectivity index (χ0) is 22.1. The lowest BCUT2D eigenvalue weighted by Crippen LogP contribution is -2.36. The number of benzene rings is 1. The Balaban J connectivity index is 1.47. The molecule has 0 aliphatic carbocycles. The minimum atomic E-state index is -0.590. The van der Waals surface area contributed by atoms with Gasteiger partial charge in [0.25, 0.3) is 5.56 Å². The summed E-state index contributed by atoms with van der Waals surface area (Å²) in [5.74, 6) is 0.422. The molecule has 0 saturated heterocycles. The molecule has 0 saturated carbocycles. The molecule has 1 amide bonds. The number of hydrogen-bond donors (Lipinski definition) is 2. The summed E-state index contributed by atoms with van der Waals surface area (Å²) >= 11 is 0. The quantitative estimate of drug-likeness (QED) is 0.528. The molecule has 4 aromatic rings. The molecule has 3 aromatic heterocycles. The Morgan fingerprint density at radius 2 is 1.84 bits per heavy atom. The van der Waals surface area contributed by atoms with Gasteiger partial charge in [0, 0.05) is 26.0 Å². The topological polar surface area (TPSA) is 111 Å². The zero-order valence-corrected chi connectivity index (χ0v) is 17.3. The molecular formula is C22H21N5O4. The SMILES string of the molecule is Cc1ccc(NC(=O)OCc2ccc(-c3cc4c([nH]3)c(=O)n(C)c(=O)n4C)cc2)nc1. The van der Waals surface area contributed by atoms with E-state index in [0.717, 1.165) is 21.3 Å². The maximum absolute atomic E-state index is 12.4. The van der Waals surface area contributed by atoms with Gasteiger partial charge in [-0.1, -0.05) is 30.3 Å². The summed E-state index contributed by atoms with van der Waals surface area (Å²) in [6, 6.07) is 12.7. The van der Waals surface area contributed by atoms with Crippen LogP contribution in [0.15, 0.2) is 58.3 Å². The van der Waals surface area contributed by atoms with Gasteiger partial charge in [0.15, 0.2) is 0 Å². The highest BCUT2D eigenvalue weighted by atomic mass is 16.5. The lowest BCUT2D eigenvalue weighted by molar-refractivity contribution is 0.155. The third-order valence-electron chi connectivity index (χ3n) is 5.03. The van der Waals surface area contributed by atoms with E-state index in [1.165, 1.54) is 11.6 Å². The summed E-state index contributed by atoms with van der Waals surface area (Å²) in [6.07, 6.45) is 1.07. The number of aryl methyl sites for hydroxylation is 2. The van der Waals surface area contributed by atoms with Crippen LogP contribution in [0.25, 0.3) is 22.3 Å². The molecule has 158 valence electrons. The van der Waals surface area contributed by atoms with Crippen LogP contribution in [0, 0.1) is 6.92 Å². The lowest BCUT2D eigenvalue weighted by Gasteiger charge is -2.07. The molecule has 3 heterocycles. The monoisotopic (exact) mass is 419 g/mol. The van der Waals surface area contributed by atoms with E-state index in [1.54, 1.807) is 25.4 Å². The summed E-state index contributed by atoms with van der Waals surface area (Å²) in [6.45, 7) is 2.01. The number of ether oxygens (including phenoxy) is 1. The van der Waals surface area contributed by atoms with E-state index < -0.39 is 6.09 Å². The molecule has 0 radical (unpaired) electrons. The van der Waals surface area contributed by atoms with Crippen molar-refractivity contribution < 1.29 is 9.53 Å². The van der Waals surface area contributed by atoms with Crippen LogP contribution in [-0.2, 0) is 25.4 Å². The highest BCUT2D eigenvalue weighted by Gasteiger charge is 2.13. The third-order valence-corrected chi connectivity index (χ3v) is 5.03. The number of anilines is 1. The van der Waals surface area contributed by atoms with Crippen molar-refractivity contribution in [2.45, 2.75) is 13.5 Å². The number of carbonyl (C=O) groups is 1. The van der Waals surface area contributed by atoms with Crippen molar-refractivity contribution in [3.05, 3.63) is 80.6 Å². The van der Waals surface area contributed by atoms with Crippen LogP contribution in [0.4, 0.5) is 10.6 Å². The van der Waals surface area contributed by atoms with Gasteiger partial charge in [-0.2, -0.15) is 0 Å². The molecular weight excluding hydrogens is 398 g/mol. The van der Waals surface area contributed by atoms with Crippen molar-refractivity contribution in [3.8, 4) is 11.3 Å². The molecule has 1 aromatic carbocycles. The number of nitrogens with zero attached hydrogens (tertiary/aromatic N) is 3. The van der Waals surface area contributed by atoms with Gasteiger partial charge in [-0.05, 0) is 35.7 Å². The van der Waals surface area contributed by atoms with Crippen LogP contribution in [0.5, 0.6) is 0 Å². The highest BCUT2D eigenvalue weighted by molar-refractivity contribution is 5.83. The van der Waals surface area contributed by atoms with E-state index in [2.05, 4.69) is 15.3 Å². The normalized spacial score (nSPS) is 10.9. The molecule has 9 nitrogen and oxygen atoms in total. The number of nitrogens with one attached hydrogen (secondary N) is 2.